The Hall–Kier alpha value is -2.48. The third kappa shape index (κ3) is 2.96. The van der Waals surface area contributed by atoms with Gasteiger partial charge in [0.1, 0.15) is 5.82 Å². The molecule has 0 spiro atoms. The minimum atomic E-state index is -1.18. The summed E-state index contributed by atoms with van der Waals surface area (Å²) < 4.78 is 29.4. The average Bonchev–Trinajstić information content (AvgIpc) is 2.87. The molecule has 1 aromatic heterocycles. The quantitative estimate of drug-likeness (QED) is 0.803. The van der Waals surface area contributed by atoms with E-state index in [2.05, 4.69) is 10.3 Å². The van der Waals surface area contributed by atoms with E-state index in [9.17, 15) is 18.7 Å². The third-order valence-electron chi connectivity index (χ3n) is 4.37. The van der Waals surface area contributed by atoms with Crippen LogP contribution in [-0.4, -0.2) is 25.9 Å². The van der Waals surface area contributed by atoms with E-state index in [4.69, 9.17) is 5.11 Å². The summed E-state index contributed by atoms with van der Waals surface area (Å²) in [7, 11) is 0. The molecule has 2 aromatic rings. The number of hydrogen-bond acceptors (Lipinski definition) is 3. The van der Waals surface area contributed by atoms with Crippen molar-refractivity contribution in [3.05, 3.63) is 53.1 Å². The molecule has 1 aliphatic heterocycles. The van der Waals surface area contributed by atoms with E-state index in [-0.39, 0.29) is 18.1 Å². The van der Waals surface area contributed by atoms with Crippen molar-refractivity contribution < 1.29 is 23.8 Å². The second-order valence-electron chi connectivity index (χ2n) is 5.80. The van der Waals surface area contributed by atoms with Crippen molar-refractivity contribution >= 4 is 6.09 Å². The summed E-state index contributed by atoms with van der Waals surface area (Å²) in [6, 6.07) is 3.48. The molecule has 0 radical (unpaired) electrons. The second kappa shape index (κ2) is 6.56. The summed E-state index contributed by atoms with van der Waals surface area (Å²) in [5.41, 5.74) is 0.750. The molecule has 2 heterocycles. The van der Waals surface area contributed by atoms with Gasteiger partial charge in [0, 0.05) is 12.5 Å². The summed E-state index contributed by atoms with van der Waals surface area (Å²) >= 11 is 0. The van der Waals surface area contributed by atoms with Crippen LogP contribution in [-0.2, 0) is 13.2 Å². The first-order valence-electron chi connectivity index (χ1n) is 7.59. The molecular weight excluding hydrogens is 320 g/mol. The monoisotopic (exact) mass is 337 g/mol. The molecule has 0 fully saturated rings. The number of imidazole rings is 1. The van der Waals surface area contributed by atoms with Gasteiger partial charge in [0.15, 0.2) is 11.6 Å². The van der Waals surface area contributed by atoms with Gasteiger partial charge in [-0.2, -0.15) is 0 Å². The Labute approximate surface area is 136 Å². The highest BCUT2D eigenvalue weighted by molar-refractivity contribution is 5.65. The molecular formula is C16H17F2N3O3. The Balaban J connectivity index is 2.00. The van der Waals surface area contributed by atoms with E-state index in [0.717, 1.165) is 6.07 Å². The molecule has 3 rings (SSSR count). The molecule has 0 aliphatic carbocycles. The van der Waals surface area contributed by atoms with Gasteiger partial charge in [0.25, 0.3) is 0 Å². The number of halogens is 2. The number of rotatable bonds is 3. The maximum absolute atomic E-state index is 14.2. The Bertz CT molecular complexity index is 763. The molecule has 3 N–H and O–H groups in total. The number of carbonyl (C=O) groups is 1. The van der Waals surface area contributed by atoms with Crippen molar-refractivity contribution in [2.24, 2.45) is 0 Å². The van der Waals surface area contributed by atoms with Crippen LogP contribution in [0.5, 0.6) is 0 Å². The highest BCUT2D eigenvalue weighted by Gasteiger charge is 2.30. The topological polar surface area (TPSA) is 87.4 Å². The van der Waals surface area contributed by atoms with E-state index >= 15 is 0 Å². The normalized spacial score (nSPS) is 20.3. The zero-order valence-electron chi connectivity index (χ0n) is 12.7. The first-order chi connectivity index (χ1) is 11.5. The fraction of sp³-hybridized carbons (Fsp3) is 0.375. The highest BCUT2D eigenvalue weighted by Crippen LogP contribution is 2.34. The summed E-state index contributed by atoms with van der Waals surface area (Å²) in [4.78, 5) is 15.2. The van der Waals surface area contributed by atoms with Crippen molar-refractivity contribution in [2.75, 3.05) is 0 Å². The lowest BCUT2D eigenvalue weighted by Crippen LogP contribution is -2.28. The van der Waals surface area contributed by atoms with E-state index in [1.54, 1.807) is 4.57 Å². The molecule has 1 aliphatic rings. The lowest BCUT2D eigenvalue weighted by atomic mass is 9.93. The van der Waals surface area contributed by atoms with E-state index < -0.39 is 23.8 Å². The average molecular weight is 337 g/mol. The van der Waals surface area contributed by atoms with Gasteiger partial charge in [-0.15, -0.1) is 0 Å². The van der Waals surface area contributed by atoms with Crippen molar-refractivity contribution in [3.63, 3.8) is 0 Å². The predicted molar refractivity (Wildman–Crippen MR) is 80.4 cm³/mol. The van der Waals surface area contributed by atoms with Crippen LogP contribution in [0.4, 0.5) is 13.6 Å². The third-order valence-corrected chi connectivity index (χ3v) is 4.37. The van der Waals surface area contributed by atoms with Crippen LogP contribution in [0.15, 0.2) is 24.4 Å². The predicted octanol–water partition coefficient (Wildman–Crippen LogP) is 2.54. The van der Waals surface area contributed by atoms with Crippen LogP contribution in [0.25, 0.3) is 0 Å². The number of aliphatic hydroxyl groups is 1. The number of nitrogens with one attached hydrogen (secondary N) is 1. The molecule has 6 nitrogen and oxygen atoms in total. The molecule has 0 saturated heterocycles. The van der Waals surface area contributed by atoms with Crippen LogP contribution < -0.4 is 5.32 Å². The number of hydrogen-bond donors (Lipinski definition) is 3. The largest absolute Gasteiger partial charge is 0.465 e. The van der Waals surface area contributed by atoms with Gasteiger partial charge in [0.2, 0.25) is 0 Å². The Morgan fingerprint density at radius 3 is 2.88 bits per heavy atom. The number of aromatic nitrogens is 2. The van der Waals surface area contributed by atoms with Crippen molar-refractivity contribution in [3.8, 4) is 0 Å². The maximum Gasteiger partial charge on any atom is 0.405 e. The van der Waals surface area contributed by atoms with Crippen LogP contribution in [0.2, 0.25) is 0 Å². The first kappa shape index (κ1) is 16.4. The molecule has 1 amide bonds. The van der Waals surface area contributed by atoms with Gasteiger partial charge in [-0.25, -0.2) is 18.6 Å². The molecule has 1 aromatic carbocycles. The van der Waals surface area contributed by atoms with Gasteiger partial charge < -0.3 is 20.1 Å². The number of aliphatic hydroxyl groups excluding tert-OH is 1. The number of benzene rings is 1. The van der Waals surface area contributed by atoms with Gasteiger partial charge in [-0.05, 0) is 24.5 Å². The van der Waals surface area contributed by atoms with Crippen LogP contribution in [0.1, 0.15) is 41.9 Å². The summed E-state index contributed by atoms with van der Waals surface area (Å²) in [5.74, 6) is -1.68. The smallest absolute Gasteiger partial charge is 0.405 e. The van der Waals surface area contributed by atoms with Gasteiger partial charge in [-0.3, -0.25) is 0 Å². The van der Waals surface area contributed by atoms with Crippen molar-refractivity contribution in [2.45, 2.75) is 38.0 Å². The molecule has 0 bridgehead atoms. The number of nitrogens with zero attached hydrogens (tertiary/aromatic N) is 2. The summed E-state index contributed by atoms with van der Waals surface area (Å²) in [6.07, 6.45) is 1.14. The SMILES string of the molecule is O=C(O)N[C@@H]1CC[C@@H](c2cccc(F)c2F)Cn2c(CO)cnc21. The minimum Gasteiger partial charge on any atom is -0.465 e. The van der Waals surface area contributed by atoms with Gasteiger partial charge >= 0.3 is 6.09 Å². The van der Waals surface area contributed by atoms with Crippen LogP contribution in [0, 0.1) is 11.6 Å². The molecule has 0 saturated carbocycles. The van der Waals surface area contributed by atoms with Crippen molar-refractivity contribution in [1.29, 1.82) is 0 Å². The van der Waals surface area contributed by atoms with Crippen molar-refractivity contribution in [1.82, 2.24) is 14.9 Å². The number of fused-ring (bicyclic) bond motifs is 1. The van der Waals surface area contributed by atoms with E-state index in [1.165, 1.54) is 18.3 Å². The summed E-state index contributed by atoms with van der Waals surface area (Å²) in [5, 5.41) is 20.9. The molecule has 0 unspecified atom stereocenters. The van der Waals surface area contributed by atoms with Crippen LogP contribution in [0.3, 0.4) is 0 Å². The zero-order chi connectivity index (χ0) is 17.3. The van der Waals surface area contributed by atoms with Crippen LogP contribution >= 0.6 is 0 Å². The molecule has 2 atom stereocenters. The second-order valence-corrected chi connectivity index (χ2v) is 5.80. The molecule has 24 heavy (non-hydrogen) atoms. The number of carboxylic acid groups (broad SMARTS) is 1. The van der Waals surface area contributed by atoms with Gasteiger partial charge in [-0.1, -0.05) is 12.1 Å². The Morgan fingerprint density at radius 2 is 2.17 bits per heavy atom. The fourth-order valence-corrected chi connectivity index (χ4v) is 3.23. The zero-order valence-corrected chi connectivity index (χ0v) is 12.7. The molecule has 8 heteroatoms. The highest BCUT2D eigenvalue weighted by atomic mass is 19.2. The summed E-state index contributed by atoms with van der Waals surface area (Å²) in [6.45, 7) is 0.0224. The van der Waals surface area contributed by atoms with Gasteiger partial charge in [0.05, 0.1) is 24.5 Å². The molecule has 128 valence electrons. The van der Waals surface area contributed by atoms with E-state index in [0.29, 0.717) is 30.9 Å². The first-order valence-corrected chi connectivity index (χ1v) is 7.59. The Morgan fingerprint density at radius 1 is 1.38 bits per heavy atom. The standard InChI is InChI=1S/C16H17F2N3O3/c17-12-3-1-2-11(14(12)18)9-4-5-13(20-16(23)24)15-19-6-10(8-22)21(15)7-9/h1-3,6,9,13,20,22H,4-5,7-8H2,(H,23,24)/t9-,13-/m1/s1. The Kier molecular flexibility index (Phi) is 4.48. The number of amides is 1. The lowest BCUT2D eigenvalue weighted by molar-refractivity contribution is 0.188. The fourth-order valence-electron chi connectivity index (χ4n) is 3.23. The maximum atomic E-state index is 14.2. The lowest BCUT2D eigenvalue weighted by Gasteiger charge is -2.18. The minimum absolute atomic E-state index is 0.245. The van der Waals surface area contributed by atoms with E-state index in [1.807, 2.05) is 0 Å².